The molecule has 18 heavy (non-hydrogen) atoms. The Bertz CT molecular complexity index is 357. The molecular weight excluding hydrogens is 248 g/mol. The molecule has 0 aromatic heterocycles. The molecular formula is C14H23ClN2O. The first-order valence-electron chi connectivity index (χ1n) is 6.42. The minimum absolute atomic E-state index is 0.148. The quantitative estimate of drug-likeness (QED) is 0.800. The lowest BCUT2D eigenvalue weighted by Gasteiger charge is -2.34. The van der Waals surface area contributed by atoms with E-state index in [1.165, 1.54) is 0 Å². The normalized spacial score (nSPS) is 13.3. The Morgan fingerprint density at radius 2 is 2.11 bits per heavy atom. The highest BCUT2D eigenvalue weighted by Crippen LogP contribution is 2.24. The van der Waals surface area contributed by atoms with E-state index in [9.17, 15) is 0 Å². The Morgan fingerprint density at radius 3 is 2.61 bits per heavy atom. The average Bonchev–Trinajstić information content (AvgIpc) is 2.34. The van der Waals surface area contributed by atoms with Crippen LogP contribution in [0.3, 0.4) is 0 Å². The maximum atomic E-state index is 8.99. The van der Waals surface area contributed by atoms with Gasteiger partial charge in [0.25, 0.3) is 0 Å². The van der Waals surface area contributed by atoms with Gasteiger partial charge in [-0.2, -0.15) is 0 Å². The monoisotopic (exact) mass is 270 g/mol. The highest BCUT2D eigenvalue weighted by molar-refractivity contribution is 6.30. The fourth-order valence-electron chi connectivity index (χ4n) is 2.20. The molecule has 0 aliphatic heterocycles. The number of halogens is 1. The maximum absolute atomic E-state index is 8.99. The molecule has 102 valence electrons. The standard InChI is InChI=1S/C14H23ClN2O/c1-11(2)17(7-4-8-18)14(10-16)12-5-3-6-13(15)9-12/h3,5-6,9,11,14,18H,4,7-8,10,16H2,1-2H3. The third kappa shape index (κ3) is 4.25. The summed E-state index contributed by atoms with van der Waals surface area (Å²) >= 11 is 6.04. The number of benzene rings is 1. The second-order valence-corrected chi connectivity index (χ2v) is 5.15. The number of hydrogen-bond donors (Lipinski definition) is 2. The van der Waals surface area contributed by atoms with Crippen molar-refractivity contribution in [1.29, 1.82) is 0 Å². The molecule has 0 saturated heterocycles. The van der Waals surface area contributed by atoms with Crippen molar-refractivity contribution in [3.05, 3.63) is 34.9 Å². The first kappa shape index (κ1) is 15.4. The predicted molar refractivity (Wildman–Crippen MR) is 76.8 cm³/mol. The summed E-state index contributed by atoms with van der Waals surface area (Å²) in [7, 11) is 0. The molecule has 3 N–H and O–H groups in total. The molecule has 0 aliphatic carbocycles. The first-order valence-corrected chi connectivity index (χ1v) is 6.80. The molecule has 1 atom stereocenters. The molecule has 0 bridgehead atoms. The number of aliphatic hydroxyl groups excluding tert-OH is 1. The van der Waals surface area contributed by atoms with Crippen LogP contribution in [-0.2, 0) is 0 Å². The lowest BCUT2D eigenvalue weighted by molar-refractivity contribution is 0.141. The summed E-state index contributed by atoms with van der Waals surface area (Å²) < 4.78 is 0. The van der Waals surface area contributed by atoms with E-state index in [1.807, 2.05) is 18.2 Å². The van der Waals surface area contributed by atoms with Crippen molar-refractivity contribution >= 4 is 11.6 Å². The van der Waals surface area contributed by atoms with Gasteiger partial charge in [-0.3, -0.25) is 4.90 Å². The lowest BCUT2D eigenvalue weighted by Crippen LogP contribution is -2.39. The van der Waals surface area contributed by atoms with Gasteiger partial charge in [-0.05, 0) is 38.0 Å². The molecule has 0 aliphatic rings. The largest absolute Gasteiger partial charge is 0.396 e. The van der Waals surface area contributed by atoms with Crippen LogP contribution in [0.25, 0.3) is 0 Å². The second-order valence-electron chi connectivity index (χ2n) is 4.72. The van der Waals surface area contributed by atoms with Gasteiger partial charge in [-0.15, -0.1) is 0 Å². The van der Waals surface area contributed by atoms with Crippen LogP contribution in [0.1, 0.15) is 31.9 Å². The van der Waals surface area contributed by atoms with Gasteiger partial charge in [0.2, 0.25) is 0 Å². The highest BCUT2D eigenvalue weighted by Gasteiger charge is 2.21. The number of aliphatic hydroxyl groups is 1. The third-order valence-electron chi connectivity index (χ3n) is 3.09. The first-order chi connectivity index (χ1) is 8.60. The van der Waals surface area contributed by atoms with Gasteiger partial charge < -0.3 is 10.8 Å². The zero-order chi connectivity index (χ0) is 13.5. The Morgan fingerprint density at radius 1 is 1.39 bits per heavy atom. The molecule has 1 unspecified atom stereocenters. The maximum Gasteiger partial charge on any atom is 0.0473 e. The van der Waals surface area contributed by atoms with E-state index in [0.29, 0.717) is 12.6 Å². The highest BCUT2D eigenvalue weighted by atomic mass is 35.5. The SMILES string of the molecule is CC(C)N(CCCO)C(CN)c1cccc(Cl)c1. The Balaban J connectivity index is 2.90. The minimum atomic E-state index is 0.148. The number of nitrogens with zero attached hydrogens (tertiary/aromatic N) is 1. The predicted octanol–water partition coefficient (Wildman–Crippen LogP) is 2.43. The third-order valence-corrected chi connectivity index (χ3v) is 3.33. The zero-order valence-electron chi connectivity index (χ0n) is 11.1. The summed E-state index contributed by atoms with van der Waals surface area (Å²) in [5, 5.41) is 9.72. The van der Waals surface area contributed by atoms with E-state index in [-0.39, 0.29) is 12.6 Å². The van der Waals surface area contributed by atoms with Gasteiger partial charge >= 0.3 is 0 Å². The summed E-state index contributed by atoms with van der Waals surface area (Å²) in [6.07, 6.45) is 0.759. The van der Waals surface area contributed by atoms with Gasteiger partial charge in [-0.25, -0.2) is 0 Å². The van der Waals surface area contributed by atoms with Crippen LogP contribution in [0.5, 0.6) is 0 Å². The van der Waals surface area contributed by atoms with Gasteiger partial charge in [0.15, 0.2) is 0 Å². The van der Waals surface area contributed by atoms with Crippen molar-refractivity contribution in [3.8, 4) is 0 Å². The van der Waals surface area contributed by atoms with Crippen LogP contribution in [0, 0.1) is 0 Å². The molecule has 1 aromatic carbocycles. The Hall–Kier alpha value is -0.610. The van der Waals surface area contributed by atoms with Crippen LogP contribution >= 0.6 is 11.6 Å². The van der Waals surface area contributed by atoms with E-state index < -0.39 is 0 Å². The van der Waals surface area contributed by atoms with Crippen LogP contribution < -0.4 is 5.73 Å². The van der Waals surface area contributed by atoms with Crippen LogP contribution in [0.15, 0.2) is 24.3 Å². The summed E-state index contributed by atoms with van der Waals surface area (Å²) in [5.41, 5.74) is 7.05. The molecule has 3 nitrogen and oxygen atoms in total. The van der Waals surface area contributed by atoms with Crippen LogP contribution in [0.4, 0.5) is 0 Å². The topological polar surface area (TPSA) is 49.5 Å². The van der Waals surface area contributed by atoms with Crippen LogP contribution in [-0.4, -0.2) is 35.7 Å². The summed E-state index contributed by atoms with van der Waals surface area (Å²) in [5.74, 6) is 0. The number of nitrogens with two attached hydrogens (primary N) is 1. The minimum Gasteiger partial charge on any atom is -0.396 e. The van der Waals surface area contributed by atoms with E-state index in [1.54, 1.807) is 0 Å². The lowest BCUT2D eigenvalue weighted by atomic mass is 10.0. The molecule has 0 saturated carbocycles. The van der Waals surface area contributed by atoms with Gasteiger partial charge in [0.05, 0.1) is 0 Å². The fourth-order valence-corrected chi connectivity index (χ4v) is 2.40. The zero-order valence-corrected chi connectivity index (χ0v) is 11.9. The number of hydrogen-bond acceptors (Lipinski definition) is 3. The second kappa shape index (κ2) is 7.74. The summed E-state index contributed by atoms with van der Waals surface area (Å²) in [6, 6.07) is 8.36. The smallest absolute Gasteiger partial charge is 0.0473 e. The van der Waals surface area contributed by atoms with Crippen molar-refractivity contribution in [2.45, 2.75) is 32.4 Å². The molecule has 0 amide bonds. The molecule has 0 radical (unpaired) electrons. The van der Waals surface area contributed by atoms with Gasteiger partial charge in [0, 0.05) is 36.8 Å². The molecule has 1 aromatic rings. The molecule has 0 spiro atoms. The van der Waals surface area contributed by atoms with Gasteiger partial charge in [0.1, 0.15) is 0 Å². The average molecular weight is 271 g/mol. The fraction of sp³-hybridized carbons (Fsp3) is 0.571. The van der Waals surface area contributed by atoms with Gasteiger partial charge in [-0.1, -0.05) is 23.7 Å². The van der Waals surface area contributed by atoms with E-state index in [0.717, 1.165) is 23.6 Å². The van der Waals surface area contributed by atoms with E-state index in [2.05, 4.69) is 24.8 Å². The molecule has 0 heterocycles. The van der Waals surface area contributed by atoms with Crippen molar-refractivity contribution < 1.29 is 5.11 Å². The van der Waals surface area contributed by atoms with Crippen molar-refractivity contribution in [2.75, 3.05) is 19.7 Å². The summed E-state index contributed by atoms with van der Waals surface area (Å²) in [6.45, 7) is 5.87. The molecule has 4 heteroatoms. The van der Waals surface area contributed by atoms with Crippen molar-refractivity contribution in [3.63, 3.8) is 0 Å². The number of rotatable bonds is 7. The Kier molecular flexibility index (Phi) is 6.65. The molecule has 0 fully saturated rings. The summed E-state index contributed by atoms with van der Waals surface area (Å²) in [4.78, 5) is 2.31. The van der Waals surface area contributed by atoms with Crippen molar-refractivity contribution in [2.24, 2.45) is 5.73 Å². The Labute approximate surface area is 115 Å². The van der Waals surface area contributed by atoms with Crippen molar-refractivity contribution in [1.82, 2.24) is 4.90 Å². The van der Waals surface area contributed by atoms with Crippen LogP contribution in [0.2, 0.25) is 5.02 Å². The van der Waals surface area contributed by atoms with E-state index >= 15 is 0 Å². The van der Waals surface area contributed by atoms with E-state index in [4.69, 9.17) is 22.4 Å². The molecule has 1 rings (SSSR count).